The maximum Gasteiger partial charge on any atom is 0.191 e. The Morgan fingerprint density at radius 1 is 1.29 bits per heavy atom. The van der Waals surface area contributed by atoms with E-state index in [1.807, 2.05) is 12.1 Å². The van der Waals surface area contributed by atoms with E-state index in [9.17, 15) is 5.11 Å². The Morgan fingerprint density at radius 2 is 2.00 bits per heavy atom. The van der Waals surface area contributed by atoms with Crippen molar-refractivity contribution in [3.05, 3.63) is 23.8 Å². The second-order valence-electron chi connectivity index (χ2n) is 7.73. The van der Waals surface area contributed by atoms with Gasteiger partial charge in [-0.25, -0.2) is 0 Å². The van der Waals surface area contributed by atoms with Gasteiger partial charge in [0.25, 0.3) is 0 Å². The molecule has 2 aliphatic rings. The second-order valence-corrected chi connectivity index (χ2v) is 7.73. The molecule has 158 valence electrons. The van der Waals surface area contributed by atoms with E-state index in [4.69, 9.17) is 9.73 Å². The number of halogens is 1. The Kier molecular flexibility index (Phi) is 9.14. The molecule has 0 spiro atoms. The van der Waals surface area contributed by atoms with Gasteiger partial charge in [-0.3, -0.25) is 4.99 Å². The van der Waals surface area contributed by atoms with Crippen molar-refractivity contribution in [2.75, 3.05) is 27.2 Å². The minimum Gasteiger partial charge on any atom is -0.504 e. The smallest absolute Gasteiger partial charge is 0.191 e. The van der Waals surface area contributed by atoms with E-state index in [2.05, 4.69) is 29.5 Å². The lowest BCUT2D eigenvalue weighted by Gasteiger charge is -2.47. The SMILES string of the molecule is CCNC(=NCCc1ccc(O)c(OC)c1)NC1CC2CCCC(C1)N2C.I. The Bertz CT molecular complexity index is 641. The number of piperidine rings is 2. The quantitative estimate of drug-likeness (QED) is 0.317. The molecule has 2 aliphatic heterocycles. The van der Waals surface area contributed by atoms with Crippen LogP contribution in [0.25, 0.3) is 0 Å². The van der Waals surface area contributed by atoms with Crippen LogP contribution in [0.1, 0.15) is 44.6 Å². The summed E-state index contributed by atoms with van der Waals surface area (Å²) in [7, 11) is 3.86. The summed E-state index contributed by atoms with van der Waals surface area (Å²) in [6.45, 7) is 3.66. The highest BCUT2D eigenvalue weighted by Crippen LogP contribution is 2.32. The normalized spacial score (nSPS) is 25.0. The highest BCUT2D eigenvalue weighted by Gasteiger charge is 2.36. The first kappa shape index (κ1) is 23.1. The van der Waals surface area contributed by atoms with E-state index < -0.39 is 0 Å². The molecule has 2 unspecified atom stereocenters. The number of ether oxygens (including phenoxy) is 1. The molecule has 3 rings (SSSR count). The summed E-state index contributed by atoms with van der Waals surface area (Å²) < 4.78 is 5.18. The lowest BCUT2D eigenvalue weighted by molar-refractivity contribution is 0.0526. The molecule has 28 heavy (non-hydrogen) atoms. The van der Waals surface area contributed by atoms with Crippen LogP contribution >= 0.6 is 24.0 Å². The van der Waals surface area contributed by atoms with Crippen molar-refractivity contribution in [1.82, 2.24) is 15.5 Å². The molecule has 1 aromatic carbocycles. The fraction of sp³-hybridized carbons (Fsp3) is 0.667. The predicted molar refractivity (Wildman–Crippen MR) is 125 cm³/mol. The number of rotatable bonds is 6. The first-order valence-corrected chi connectivity index (χ1v) is 10.2. The summed E-state index contributed by atoms with van der Waals surface area (Å²) in [4.78, 5) is 7.36. The van der Waals surface area contributed by atoms with Crippen LogP contribution in [0.4, 0.5) is 0 Å². The highest BCUT2D eigenvalue weighted by molar-refractivity contribution is 14.0. The van der Waals surface area contributed by atoms with Crippen LogP contribution in [-0.2, 0) is 6.42 Å². The fourth-order valence-electron chi connectivity index (χ4n) is 4.42. The van der Waals surface area contributed by atoms with Crippen molar-refractivity contribution in [1.29, 1.82) is 0 Å². The first-order valence-electron chi connectivity index (χ1n) is 10.2. The fourth-order valence-corrected chi connectivity index (χ4v) is 4.42. The van der Waals surface area contributed by atoms with Crippen molar-refractivity contribution >= 4 is 29.9 Å². The summed E-state index contributed by atoms with van der Waals surface area (Å²) in [6, 6.07) is 7.40. The molecule has 0 aromatic heterocycles. The third-order valence-electron chi connectivity index (χ3n) is 5.94. The van der Waals surface area contributed by atoms with E-state index in [-0.39, 0.29) is 29.7 Å². The van der Waals surface area contributed by atoms with Crippen LogP contribution in [-0.4, -0.2) is 61.3 Å². The molecular weight excluding hydrogens is 467 g/mol. The van der Waals surface area contributed by atoms with Crippen LogP contribution in [0.3, 0.4) is 0 Å². The molecule has 2 atom stereocenters. The zero-order valence-corrected chi connectivity index (χ0v) is 19.6. The largest absolute Gasteiger partial charge is 0.504 e. The van der Waals surface area contributed by atoms with Gasteiger partial charge in [0.15, 0.2) is 17.5 Å². The van der Waals surface area contributed by atoms with Crippen molar-refractivity contribution in [2.24, 2.45) is 4.99 Å². The van der Waals surface area contributed by atoms with Crippen LogP contribution in [0, 0.1) is 0 Å². The topological polar surface area (TPSA) is 69.1 Å². The maximum atomic E-state index is 9.71. The molecule has 2 heterocycles. The van der Waals surface area contributed by atoms with Crippen molar-refractivity contribution in [3.8, 4) is 11.5 Å². The third-order valence-corrected chi connectivity index (χ3v) is 5.94. The zero-order valence-electron chi connectivity index (χ0n) is 17.3. The number of aromatic hydroxyl groups is 1. The van der Waals surface area contributed by atoms with Crippen LogP contribution in [0.2, 0.25) is 0 Å². The lowest BCUT2D eigenvalue weighted by Crippen LogP contribution is -2.56. The Balaban J connectivity index is 0.00000280. The summed E-state index contributed by atoms with van der Waals surface area (Å²) in [5, 5.41) is 16.8. The number of phenols is 1. The molecule has 2 bridgehead atoms. The number of hydrogen-bond donors (Lipinski definition) is 3. The van der Waals surface area contributed by atoms with Gasteiger partial charge in [-0.1, -0.05) is 12.5 Å². The van der Waals surface area contributed by atoms with Gasteiger partial charge in [0.05, 0.1) is 7.11 Å². The standard InChI is InChI=1S/C21H34N4O2.HI/c1-4-22-21(23-11-10-15-8-9-19(26)20(12-15)27-3)24-16-13-17-6-5-7-18(14-16)25(17)2;/h8-9,12,16-18,26H,4-7,10-11,13-14H2,1-3H3,(H2,22,23,24);1H. The average molecular weight is 502 g/mol. The monoisotopic (exact) mass is 502 g/mol. The minimum atomic E-state index is 0. The van der Waals surface area contributed by atoms with Crippen molar-refractivity contribution in [2.45, 2.75) is 63.6 Å². The first-order chi connectivity index (χ1) is 13.1. The molecule has 7 heteroatoms. The van der Waals surface area contributed by atoms with Gasteiger partial charge in [0, 0.05) is 31.2 Å². The molecule has 2 fully saturated rings. The van der Waals surface area contributed by atoms with Gasteiger partial charge in [-0.05, 0) is 63.8 Å². The average Bonchev–Trinajstić information content (AvgIpc) is 2.64. The summed E-state index contributed by atoms with van der Waals surface area (Å²) in [5.41, 5.74) is 1.11. The highest BCUT2D eigenvalue weighted by atomic mass is 127. The molecule has 2 saturated heterocycles. The van der Waals surface area contributed by atoms with E-state index in [1.54, 1.807) is 13.2 Å². The van der Waals surface area contributed by atoms with Crippen molar-refractivity contribution in [3.63, 3.8) is 0 Å². The molecule has 0 saturated carbocycles. The molecule has 0 aliphatic carbocycles. The number of nitrogens with one attached hydrogen (secondary N) is 2. The predicted octanol–water partition coefficient (Wildman–Crippen LogP) is 3.13. The number of nitrogens with zero attached hydrogens (tertiary/aromatic N) is 2. The van der Waals surface area contributed by atoms with Crippen molar-refractivity contribution < 1.29 is 9.84 Å². The van der Waals surface area contributed by atoms with E-state index in [0.717, 1.165) is 24.5 Å². The maximum absolute atomic E-state index is 9.71. The van der Waals surface area contributed by atoms with Gasteiger partial charge >= 0.3 is 0 Å². The Labute approximate surface area is 186 Å². The number of phenolic OH excluding ortho intramolecular Hbond substituents is 1. The summed E-state index contributed by atoms with van der Waals surface area (Å²) >= 11 is 0. The van der Waals surface area contributed by atoms with Gasteiger partial charge in [0.1, 0.15) is 0 Å². The van der Waals surface area contributed by atoms with E-state index in [1.165, 1.54) is 32.1 Å². The lowest BCUT2D eigenvalue weighted by atomic mass is 9.82. The van der Waals surface area contributed by atoms with Gasteiger partial charge < -0.3 is 25.4 Å². The van der Waals surface area contributed by atoms with Gasteiger partial charge in [0.2, 0.25) is 0 Å². The molecule has 1 aromatic rings. The van der Waals surface area contributed by atoms with Gasteiger partial charge in [-0.2, -0.15) is 0 Å². The minimum absolute atomic E-state index is 0. The zero-order chi connectivity index (χ0) is 19.2. The third kappa shape index (κ3) is 5.89. The molecule has 0 amide bonds. The molecule has 6 nitrogen and oxygen atoms in total. The molecular formula is C21H35IN4O2. The van der Waals surface area contributed by atoms with Crippen LogP contribution in [0.15, 0.2) is 23.2 Å². The number of aliphatic imine (C=N–C) groups is 1. The molecule has 0 radical (unpaired) electrons. The number of benzene rings is 1. The summed E-state index contributed by atoms with van der Waals surface area (Å²) in [5.74, 6) is 1.60. The Hall–Kier alpha value is -1.22. The van der Waals surface area contributed by atoms with Gasteiger partial charge in [-0.15, -0.1) is 24.0 Å². The number of guanidine groups is 1. The number of hydrogen-bond acceptors (Lipinski definition) is 4. The second kappa shape index (κ2) is 11.1. The van der Waals surface area contributed by atoms with Crippen LogP contribution < -0.4 is 15.4 Å². The number of methoxy groups -OCH3 is 1. The number of fused-ring (bicyclic) bond motifs is 2. The van der Waals surface area contributed by atoms with E-state index in [0.29, 0.717) is 30.4 Å². The Morgan fingerprint density at radius 3 is 2.64 bits per heavy atom. The summed E-state index contributed by atoms with van der Waals surface area (Å²) in [6.07, 6.45) is 7.23. The molecule has 3 N–H and O–H groups in total. The van der Waals surface area contributed by atoms with Crippen LogP contribution in [0.5, 0.6) is 11.5 Å². The van der Waals surface area contributed by atoms with E-state index >= 15 is 0 Å².